The Bertz CT molecular complexity index is 710. The van der Waals surface area contributed by atoms with E-state index in [2.05, 4.69) is 15.1 Å². The third kappa shape index (κ3) is 3.52. The first-order valence-corrected chi connectivity index (χ1v) is 8.03. The molecule has 0 bridgehead atoms. The highest BCUT2D eigenvalue weighted by molar-refractivity contribution is 5.36. The number of anilines is 1. The first-order chi connectivity index (χ1) is 11.3. The second kappa shape index (κ2) is 6.41. The molecule has 1 fully saturated rings. The molecule has 1 atom stereocenters. The van der Waals surface area contributed by atoms with Crippen molar-refractivity contribution < 1.29 is 13.2 Å². The van der Waals surface area contributed by atoms with Crippen LogP contribution in [0.1, 0.15) is 30.7 Å². The molecular weight excluding hydrogens is 319 g/mol. The van der Waals surface area contributed by atoms with Gasteiger partial charge >= 0.3 is 6.18 Å². The maximum atomic E-state index is 12.9. The minimum atomic E-state index is -4.12. The number of aryl methyl sites for hydroxylation is 2. The molecule has 3 heterocycles. The van der Waals surface area contributed by atoms with Gasteiger partial charge in [0.1, 0.15) is 0 Å². The van der Waals surface area contributed by atoms with Crippen LogP contribution >= 0.6 is 0 Å². The topological polar surface area (TPSA) is 46.8 Å². The molecule has 1 saturated heterocycles. The van der Waals surface area contributed by atoms with E-state index in [1.54, 1.807) is 16.9 Å². The van der Waals surface area contributed by atoms with Gasteiger partial charge in [-0.25, -0.2) is 9.67 Å². The van der Waals surface area contributed by atoms with E-state index in [-0.39, 0.29) is 12.8 Å². The second-order valence-electron chi connectivity index (χ2n) is 6.21. The fraction of sp³-hybridized carbons (Fsp3) is 0.562. The van der Waals surface area contributed by atoms with Gasteiger partial charge < -0.3 is 4.90 Å². The molecule has 130 valence electrons. The lowest BCUT2D eigenvalue weighted by Crippen LogP contribution is -2.28. The lowest BCUT2D eigenvalue weighted by molar-refractivity contribution is -0.176. The molecule has 0 amide bonds. The molecule has 2 aromatic heterocycles. The van der Waals surface area contributed by atoms with Gasteiger partial charge in [-0.05, 0) is 39.2 Å². The first-order valence-electron chi connectivity index (χ1n) is 8.03. The summed E-state index contributed by atoms with van der Waals surface area (Å²) in [4.78, 5) is 10.6. The Balaban J connectivity index is 1.80. The zero-order valence-electron chi connectivity index (χ0n) is 13.7. The van der Waals surface area contributed by atoms with Crippen LogP contribution in [-0.2, 0) is 0 Å². The van der Waals surface area contributed by atoms with Crippen LogP contribution in [0, 0.1) is 19.8 Å². The minimum absolute atomic E-state index is 0.0804. The van der Waals surface area contributed by atoms with E-state index in [1.807, 2.05) is 24.8 Å². The quantitative estimate of drug-likeness (QED) is 0.841. The molecule has 1 aliphatic rings. The van der Waals surface area contributed by atoms with Gasteiger partial charge in [-0.3, -0.25) is 0 Å². The number of nitrogens with zero attached hydrogens (tertiary/aromatic N) is 5. The van der Waals surface area contributed by atoms with Crippen LogP contribution in [0.4, 0.5) is 19.1 Å². The van der Waals surface area contributed by atoms with Crippen molar-refractivity contribution in [2.24, 2.45) is 5.92 Å². The average molecular weight is 339 g/mol. The van der Waals surface area contributed by atoms with Gasteiger partial charge in [0.15, 0.2) is 5.82 Å². The Morgan fingerprint density at radius 1 is 1.17 bits per heavy atom. The molecule has 0 radical (unpaired) electrons. The summed E-state index contributed by atoms with van der Waals surface area (Å²) in [6.45, 7) is 4.68. The summed E-state index contributed by atoms with van der Waals surface area (Å²) in [5.41, 5.74) is 1.83. The van der Waals surface area contributed by atoms with Crippen LogP contribution < -0.4 is 4.90 Å². The van der Waals surface area contributed by atoms with Crippen molar-refractivity contribution in [3.63, 3.8) is 0 Å². The SMILES string of the molecule is Cc1cc(C)n(-c2ccnc(N3CCCC(C(F)(F)F)CC3)n2)n1. The number of hydrogen-bond donors (Lipinski definition) is 0. The molecule has 0 saturated carbocycles. The maximum Gasteiger partial charge on any atom is 0.391 e. The van der Waals surface area contributed by atoms with E-state index in [1.165, 1.54) is 0 Å². The van der Waals surface area contributed by atoms with Gasteiger partial charge in [0.25, 0.3) is 0 Å². The molecule has 0 spiro atoms. The minimum Gasteiger partial charge on any atom is -0.341 e. The highest BCUT2D eigenvalue weighted by atomic mass is 19.4. The Morgan fingerprint density at radius 3 is 2.62 bits per heavy atom. The summed E-state index contributed by atoms with van der Waals surface area (Å²) >= 11 is 0. The van der Waals surface area contributed by atoms with E-state index in [0.717, 1.165) is 11.4 Å². The highest BCUT2D eigenvalue weighted by Gasteiger charge is 2.40. The van der Waals surface area contributed by atoms with Crippen molar-refractivity contribution >= 4 is 5.95 Å². The van der Waals surface area contributed by atoms with Gasteiger partial charge in [-0.15, -0.1) is 0 Å². The van der Waals surface area contributed by atoms with E-state index >= 15 is 0 Å². The zero-order chi connectivity index (χ0) is 17.3. The van der Waals surface area contributed by atoms with Crippen LogP contribution in [-0.4, -0.2) is 39.0 Å². The lowest BCUT2D eigenvalue weighted by atomic mass is 10.0. The summed E-state index contributed by atoms with van der Waals surface area (Å²) in [5, 5.41) is 4.39. The van der Waals surface area contributed by atoms with Gasteiger partial charge in [0, 0.05) is 31.0 Å². The maximum absolute atomic E-state index is 12.9. The Kier molecular flexibility index (Phi) is 4.47. The van der Waals surface area contributed by atoms with Crippen LogP contribution in [0.25, 0.3) is 5.82 Å². The van der Waals surface area contributed by atoms with Crippen molar-refractivity contribution in [1.29, 1.82) is 0 Å². The van der Waals surface area contributed by atoms with E-state index in [9.17, 15) is 13.2 Å². The van der Waals surface area contributed by atoms with Gasteiger partial charge in [0.2, 0.25) is 5.95 Å². The number of aromatic nitrogens is 4. The number of rotatable bonds is 2. The fourth-order valence-corrected chi connectivity index (χ4v) is 3.09. The number of hydrogen-bond acceptors (Lipinski definition) is 4. The molecule has 2 aromatic rings. The molecule has 1 unspecified atom stereocenters. The molecule has 8 heteroatoms. The number of halogens is 3. The van der Waals surface area contributed by atoms with Crippen LogP contribution in [0.3, 0.4) is 0 Å². The zero-order valence-corrected chi connectivity index (χ0v) is 13.7. The molecule has 1 aliphatic heterocycles. The third-order valence-electron chi connectivity index (χ3n) is 4.33. The van der Waals surface area contributed by atoms with Crippen molar-refractivity contribution in [2.75, 3.05) is 18.0 Å². The Hall–Kier alpha value is -2.12. The predicted molar refractivity (Wildman–Crippen MR) is 84.2 cm³/mol. The first kappa shape index (κ1) is 16.7. The van der Waals surface area contributed by atoms with Crippen molar-refractivity contribution in [3.8, 4) is 5.82 Å². The molecule has 24 heavy (non-hydrogen) atoms. The van der Waals surface area contributed by atoms with Crippen molar-refractivity contribution in [1.82, 2.24) is 19.7 Å². The van der Waals surface area contributed by atoms with Crippen molar-refractivity contribution in [3.05, 3.63) is 29.7 Å². The third-order valence-corrected chi connectivity index (χ3v) is 4.33. The lowest BCUT2D eigenvalue weighted by Gasteiger charge is -2.21. The Morgan fingerprint density at radius 2 is 1.96 bits per heavy atom. The summed E-state index contributed by atoms with van der Waals surface area (Å²) in [6.07, 6.45) is -1.77. The summed E-state index contributed by atoms with van der Waals surface area (Å²) in [7, 11) is 0. The highest BCUT2D eigenvalue weighted by Crippen LogP contribution is 2.34. The molecular formula is C16H20F3N5. The van der Waals surface area contributed by atoms with Crippen LogP contribution in [0.2, 0.25) is 0 Å². The standard InChI is InChI=1S/C16H20F3N5/c1-11-10-12(2)24(22-11)14-5-7-20-15(21-14)23-8-3-4-13(6-9-23)16(17,18)19/h5,7,10,13H,3-4,6,8-9H2,1-2H3. The fourth-order valence-electron chi connectivity index (χ4n) is 3.09. The van der Waals surface area contributed by atoms with Crippen LogP contribution in [0.5, 0.6) is 0 Å². The molecule has 3 rings (SSSR count). The molecule has 0 N–H and O–H groups in total. The smallest absolute Gasteiger partial charge is 0.341 e. The summed E-state index contributed by atoms with van der Waals surface area (Å²) in [6, 6.07) is 3.70. The normalized spacial score (nSPS) is 19.4. The van der Waals surface area contributed by atoms with E-state index < -0.39 is 12.1 Å². The summed E-state index contributed by atoms with van der Waals surface area (Å²) in [5.74, 6) is -0.146. The van der Waals surface area contributed by atoms with Crippen molar-refractivity contribution in [2.45, 2.75) is 39.3 Å². The molecule has 5 nitrogen and oxygen atoms in total. The number of alkyl halides is 3. The monoisotopic (exact) mass is 339 g/mol. The predicted octanol–water partition coefficient (Wildman–Crippen LogP) is 3.45. The Labute approximate surface area is 138 Å². The summed E-state index contributed by atoms with van der Waals surface area (Å²) < 4.78 is 40.5. The largest absolute Gasteiger partial charge is 0.391 e. The van der Waals surface area contributed by atoms with Gasteiger partial charge in [-0.2, -0.15) is 23.3 Å². The average Bonchev–Trinajstić information content (AvgIpc) is 2.74. The van der Waals surface area contributed by atoms with E-state index in [0.29, 0.717) is 31.3 Å². The van der Waals surface area contributed by atoms with E-state index in [4.69, 9.17) is 0 Å². The van der Waals surface area contributed by atoms with Gasteiger partial charge in [-0.1, -0.05) is 0 Å². The van der Waals surface area contributed by atoms with Gasteiger partial charge in [0.05, 0.1) is 11.6 Å². The molecule has 0 aliphatic carbocycles. The second-order valence-corrected chi connectivity index (χ2v) is 6.21. The van der Waals surface area contributed by atoms with Crippen LogP contribution in [0.15, 0.2) is 18.3 Å². The molecule has 0 aromatic carbocycles.